The maximum Gasteiger partial charge on any atom is 0.162 e. The second-order valence-corrected chi connectivity index (χ2v) is 3.88. The molecule has 0 saturated carbocycles. The van der Waals surface area contributed by atoms with Gasteiger partial charge in [-0.25, -0.2) is 4.39 Å². The molecular formula is C7H5ClFN3S. The third kappa shape index (κ3) is 1.36. The summed E-state index contributed by atoms with van der Waals surface area (Å²) in [7, 11) is 0. The largest absolute Gasteiger partial charge is 0.355 e. The van der Waals surface area contributed by atoms with Crippen molar-refractivity contribution >= 4 is 28.1 Å². The number of hydrogen-bond donors (Lipinski definition) is 0. The molecule has 0 spiro atoms. The molecule has 1 aromatic rings. The van der Waals surface area contributed by atoms with Gasteiger partial charge in [0, 0.05) is 0 Å². The van der Waals surface area contributed by atoms with Crippen LogP contribution in [0.4, 0.5) is 9.39 Å². The summed E-state index contributed by atoms with van der Waals surface area (Å²) in [5.74, 6) is 0. The summed E-state index contributed by atoms with van der Waals surface area (Å²) in [5.41, 5.74) is 0.360. The Labute approximate surface area is 83.5 Å². The van der Waals surface area contributed by atoms with Gasteiger partial charge in [0.25, 0.3) is 0 Å². The lowest BCUT2D eigenvalue weighted by Gasteiger charge is -2.34. The van der Waals surface area contributed by atoms with Crippen LogP contribution in [-0.4, -0.2) is 23.6 Å². The quantitative estimate of drug-likeness (QED) is 0.721. The van der Waals surface area contributed by atoms with Gasteiger partial charge >= 0.3 is 0 Å². The molecule has 0 aliphatic carbocycles. The van der Waals surface area contributed by atoms with Gasteiger partial charge in [-0.05, 0) is 11.5 Å². The van der Waals surface area contributed by atoms with E-state index in [1.165, 1.54) is 0 Å². The minimum Gasteiger partial charge on any atom is -0.355 e. The van der Waals surface area contributed by atoms with Gasteiger partial charge in [0.1, 0.15) is 22.8 Å². The molecule has 2 heterocycles. The first kappa shape index (κ1) is 8.73. The summed E-state index contributed by atoms with van der Waals surface area (Å²) in [5, 5.41) is 9.63. The number of nitrogens with zero attached hydrogens (tertiary/aromatic N) is 3. The predicted octanol–water partition coefficient (Wildman–Crippen LogP) is 1.83. The zero-order valence-electron chi connectivity index (χ0n) is 6.50. The second-order valence-electron chi connectivity index (χ2n) is 2.77. The van der Waals surface area contributed by atoms with E-state index in [0.717, 1.165) is 11.5 Å². The Hall–Kier alpha value is -0.860. The van der Waals surface area contributed by atoms with E-state index in [1.54, 1.807) is 4.90 Å². The van der Waals surface area contributed by atoms with E-state index in [9.17, 15) is 4.39 Å². The van der Waals surface area contributed by atoms with Crippen molar-refractivity contribution in [3.8, 4) is 6.07 Å². The van der Waals surface area contributed by atoms with Gasteiger partial charge in [0.2, 0.25) is 0 Å². The Morgan fingerprint density at radius 2 is 2.38 bits per heavy atom. The van der Waals surface area contributed by atoms with Gasteiger partial charge in [-0.2, -0.15) is 9.64 Å². The van der Waals surface area contributed by atoms with E-state index < -0.39 is 6.17 Å². The fourth-order valence-corrected chi connectivity index (χ4v) is 2.21. The van der Waals surface area contributed by atoms with Crippen molar-refractivity contribution in [2.75, 3.05) is 18.0 Å². The van der Waals surface area contributed by atoms with Crippen LogP contribution >= 0.6 is 23.1 Å². The maximum atomic E-state index is 12.5. The normalized spacial score (nSPS) is 16.8. The molecule has 1 saturated heterocycles. The summed E-state index contributed by atoms with van der Waals surface area (Å²) in [6.45, 7) is 0.681. The second kappa shape index (κ2) is 3.13. The summed E-state index contributed by atoms with van der Waals surface area (Å²) >= 11 is 6.80. The highest BCUT2D eigenvalue weighted by molar-refractivity contribution is 7.10. The van der Waals surface area contributed by atoms with Crippen molar-refractivity contribution in [2.24, 2.45) is 0 Å². The molecule has 6 heteroatoms. The summed E-state index contributed by atoms with van der Waals surface area (Å²) in [4.78, 5) is 1.77. The van der Waals surface area contributed by atoms with E-state index in [-0.39, 0.29) is 5.15 Å². The lowest BCUT2D eigenvalue weighted by atomic mass is 10.2. The average Bonchev–Trinajstić information content (AvgIpc) is 2.41. The van der Waals surface area contributed by atoms with E-state index in [2.05, 4.69) is 4.37 Å². The standard InChI is InChI=1S/C7H5ClFN3S/c8-6-5(1-10)7(13-11-6)12-2-4(9)3-12/h4H,2-3H2. The van der Waals surface area contributed by atoms with Crippen LogP contribution in [0.2, 0.25) is 5.15 Å². The molecule has 68 valence electrons. The third-order valence-electron chi connectivity index (χ3n) is 1.87. The maximum absolute atomic E-state index is 12.5. The Bertz CT molecular complexity index is 366. The number of anilines is 1. The highest BCUT2D eigenvalue weighted by Gasteiger charge is 2.30. The smallest absolute Gasteiger partial charge is 0.162 e. The summed E-state index contributed by atoms with van der Waals surface area (Å²) in [6, 6.07) is 1.96. The van der Waals surface area contributed by atoms with E-state index >= 15 is 0 Å². The Balaban J connectivity index is 2.26. The Morgan fingerprint density at radius 1 is 1.69 bits per heavy atom. The molecule has 0 unspecified atom stereocenters. The van der Waals surface area contributed by atoms with E-state index in [1.807, 2.05) is 6.07 Å². The topological polar surface area (TPSA) is 39.9 Å². The van der Waals surface area contributed by atoms with Crippen molar-refractivity contribution in [2.45, 2.75) is 6.17 Å². The Kier molecular flexibility index (Phi) is 2.10. The van der Waals surface area contributed by atoms with Crippen molar-refractivity contribution < 1.29 is 4.39 Å². The number of nitriles is 1. The lowest BCUT2D eigenvalue weighted by molar-refractivity contribution is 0.276. The first-order valence-corrected chi connectivity index (χ1v) is 4.82. The molecule has 0 N–H and O–H groups in total. The van der Waals surface area contributed by atoms with Gasteiger partial charge in [0.05, 0.1) is 13.1 Å². The molecule has 2 rings (SSSR count). The molecule has 0 bridgehead atoms. The number of rotatable bonds is 1. The van der Waals surface area contributed by atoms with Crippen molar-refractivity contribution in [3.05, 3.63) is 10.7 Å². The van der Waals surface area contributed by atoms with Gasteiger partial charge in [-0.3, -0.25) is 0 Å². The van der Waals surface area contributed by atoms with Crippen LogP contribution in [0.5, 0.6) is 0 Å². The SMILES string of the molecule is N#Cc1c(Cl)nsc1N1CC(F)C1. The molecule has 1 aliphatic heterocycles. The van der Waals surface area contributed by atoms with Crippen LogP contribution in [0.15, 0.2) is 0 Å². The fraction of sp³-hybridized carbons (Fsp3) is 0.429. The third-order valence-corrected chi connectivity index (χ3v) is 3.15. The predicted molar refractivity (Wildman–Crippen MR) is 48.9 cm³/mol. The highest BCUT2D eigenvalue weighted by atomic mass is 35.5. The van der Waals surface area contributed by atoms with Crippen LogP contribution in [0.25, 0.3) is 0 Å². The van der Waals surface area contributed by atoms with Crippen LogP contribution in [0.3, 0.4) is 0 Å². The molecule has 0 aromatic carbocycles. The Morgan fingerprint density at radius 3 is 2.92 bits per heavy atom. The average molecular weight is 218 g/mol. The van der Waals surface area contributed by atoms with E-state index in [4.69, 9.17) is 16.9 Å². The number of aromatic nitrogens is 1. The minimum atomic E-state index is -0.785. The molecule has 3 nitrogen and oxygen atoms in total. The van der Waals surface area contributed by atoms with Gasteiger partial charge in [-0.15, -0.1) is 0 Å². The molecule has 1 aliphatic rings. The van der Waals surface area contributed by atoms with Crippen LogP contribution in [0.1, 0.15) is 5.56 Å². The van der Waals surface area contributed by atoms with Gasteiger partial charge < -0.3 is 4.90 Å². The lowest BCUT2D eigenvalue weighted by Crippen LogP contribution is -2.48. The first-order valence-electron chi connectivity index (χ1n) is 3.66. The molecular weight excluding hydrogens is 213 g/mol. The fourth-order valence-electron chi connectivity index (χ4n) is 1.16. The van der Waals surface area contributed by atoms with E-state index in [0.29, 0.717) is 23.7 Å². The molecule has 13 heavy (non-hydrogen) atoms. The molecule has 1 aromatic heterocycles. The zero-order valence-corrected chi connectivity index (χ0v) is 8.07. The number of hydrogen-bond acceptors (Lipinski definition) is 4. The van der Waals surface area contributed by atoms with Crippen molar-refractivity contribution in [3.63, 3.8) is 0 Å². The monoisotopic (exact) mass is 217 g/mol. The molecule has 1 fully saturated rings. The molecule has 0 atom stereocenters. The highest BCUT2D eigenvalue weighted by Crippen LogP contribution is 2.34. The molecule has 0 amide bonds. The minimum absolute atomic E-state index is 0.213. The van der Waals surface area contributed by atoms with Crippen molar-refractivity contribution in [1.29, 1.82) is 5.26 Å². The summed E-state index contributed by atoms with van der Waals surface area (Å²) in [6.07, 6.45) is -0.785. The van der Waals surface area contributed by atoms with Crippen LogP contribution in [-0.2, 0) is 0 Å². The summed E-state index contributed by atoms with van der Waals surface area (Å²) < 4.78 is 16.4. The van der Waals surface area contributed by atoms with Crippen LogP contribution in [0, 0.1) is 11.3 Å². The zero-order chi connectivity index (χ0) is 9.42. The number of alkyl halides is 1. The van der Waals surface area contributed by atoms with Gasteiger partial charge in [0.15, 0.2) is 5.15 Å². The van der Waals surface area contributed by atoms with Crippen molar-refractivity contribution in [1.82, 2.24) is 4.37 Å². The van der Waals surface area contributed by atoms with Crippen LogP contribution < -0.4 is 4.90 Å². The number of halogens is 2. The first-order chi connectivity index (χ1) is 6.22. The van der Waals surface area contributed by atoms with Gasteiger partial charge in [-0.1, -0.05) is 11.6 Å². The molecule has 0 radical (unpaired) electrons.